The van der Waals surface area contributed by atoms with Gasteiger partial charge in [-0.05, 0) is 12.1 Å². The molecule has 6 heteroatoms. The number of nitrogens with zero attached hydrogens (tertiary/aromatic N) is 1. The van der Waals surface area contributed by atoms with Crippen LogP contribution in [0.5, 0.6) is 5.75 Å². The van der Waals surface area contributed by atoms with Crippen LogP contribution in [-0.2, 0) is 0 Å². The summed E-state index contributed by atoms with van der Waals surface area (Å²) in [6.45, 7) is 0. The van der Waals surface area contributed by atoms with E-state index in [1.54, 1.807) is 0 Å². The van der Waals surface area contributed by atoms with Crippen molar-refractivity contribution in [1.82, 2.24) is 4.98 Å². The highest BCUT2D eigenvalue weighted by atomic mass is 19.4. The quantitative estimate of drug-likeness (QED) is 0.709. The van der Waals surface area contributed by atoms with E-state index in [2.05, 4.69) is 9.72 Å². The summed E-state index contributed by atoms with van der Waals surface area (Å²) in [6, 6.07) is 2.40. The van der Waals surface area contributed by atoms with Crippen LogP contribution >= 0.6 is 0 Å². The molecule has 0 aliphatic heterocycles. The van der Waals surface area contributed by atoms with Gasteiger partial charge in [0.25, 0.3) is 0 Å². The molecular formula is C6H5F3N2O. The monoisotopic (exact) mass is 178 g/mol. The predicted molar refractivity (Wildman–Crippen MR) is 35.3 cm³/mol. The molecule has 0 saturated heterocycles. The van der Waals surface area contributed by atoms with Crippen molar-refractivity contribution in [1.29, 1.82) is 0 Å². The molecule has 1 aromatic rings. The molecule has 1 rings (SSSR count). The minimum Gasteiger partial charge on any atom is -0.402 e. The largest absolute Gasteiger partial charge is 0.573 e. The van der Waals surface area contributed by atoms with E-state index in [1.165, 1.54) is 12.3 Å². The highest BCUT2D eigenvalue weighted by Gasteiger charge is 2.31. The van der Waals surface area contributed by atoms with Crippen molar-refractivity contribution in [2.45, 2.75) is 6.36 Å². The molecular weight excluding hydrogens is 173 g/mol. The molecule has 0 fully saturated rings. The molecule has 12 heavy (non-hydrogen) atoms. The van der Waals surface area contributed by atoms with Crippen molar-refractivity contribution >= 4 is 5.82 Å². The van der Waals surface area contributed by atoms with E-state index >= 15 is 0 Å². The van der Waals surface area contributed by atoms with Gasteiger partial charge < -0.3 is 10.5 Å². The second kappa shape index (κ2) is 2.88. The average Bonchev–Trinajstić information content (AvgIpc) is 1.91. The topological polar surface area (TPSA) is 48.1 Å². The van der Waals surface area contributed by atoms with Gasteiger partial charge in [0, 0.05) is 6.20 Å². The highest BCUT2D eigenvalue weighted by molar-refractivity contribution is 5.44. The lowest BCUT2D eigenvalue weighted by Gasteiger charge is -2.09. The van der Waals surface area contributed by atoms with Crippen molar-refractivity contribution in [3.8, 4) is 5.75 Å². The lowest BCUT2D eigenvalue weighted by atomic mass is 10.4. The molecule has 0 aliphatic rings. The molecule has 1 heterocycles. The minimum absolute atomic E-state index is 0.283. The maximum absolute atomic E-state index is 11.6. The maximum Gasteiger partial charge on any atom is 0.573 e. The molecule has 0 aliphatic carbocycles. The van der Waals surface area contributed by atoms with Crippen LogP contribution < -0.4 is 10.5 Å². The number of halogens is 3. The second-order valence-corrected chi connectivity index (χ2v) is 1.93. The van der Waals surface area contributed by atoms with Crippen molar-refractivity contribution in [3.63, 3.8) is 0 Å². The van der Waals surface area contributed by atoms with E-state index in [0.717, 1.165) is 6.07 Å². The van der Waals surface area contributed by atoms with E-state index in [1.807, 2.05) is 0 Å². The first kappa shape index (κ1) is 8.63. The summed E-state index contributed by atoms with van der Waals surface area (Å²) in [4.78, 5) is 3.42. The minimum atomic E-state index is -4.73. The zero-order valence-electron chi connectivity index (χ0n) is 5.80. The molecule has 0 aromatic carbocycles. The Kier molecular flexibility index (Phi) is 2.07. The van der Waals surface area contributed by atoms with Crippen LogP contribution in [0.3, 0.4) is 0 Å². The number of alkyl halides is 3. The van der Waals surface area contributed by atoms with Crippen LogP contribution in [0.1, 0.15) is 0 Å². The van der Waals surface area contributed by atoms with Gasteiger partial charge in [-0.1, -0.05) is 0 Å². The zero-order chi connectivity index (χ0) is 9.19. The number of pyridine rings is 1. The Labute approximate surface area is 66.0 Å². The lowest BCUT2D eigenvalue weighted by molar-refractivity contribution is -0.274. The van der Waals surface area contributed by atoms with Crippen molar-refractivity contribution in [2.75, 3.05) is 5.73 Å². The van der Waals surface area contributed by atoms with E-state index in [9.17, 15) is 13.2 Å². The number of hydrogen-bond donors (Lipinski definition) is 1. The molecule has 0 radical (unpaired) electrons. The first-order valence-electron chi connectivity index (χ1n) is 2.95. The molecule has 66 valence electrons. The van der Waals surface area contributed by atoms with Gasteiger partial charge in [-0.15, -0.1) is 13.2 Å². The SMILES string of the molecule is Nc1ncccc1OC(F)(F)F. The van der Waals surface area contributed by atoms with Crippen LogP contribution in [0.25, 0.3) is 0 Å². The summed E-state index contributed by atoms with van der Waals surface area (Å²) in [5.74, 6) is -0.764. The van der Waals surface area contributed by atoms with Gasteiger partial charge in [0.15, 0.2) is 11.6 Å². The standard InChI is InChI=1S/C6H5F3N2O/c7-6(8,9)12-4-2-1-3-11-5(4)10/h1-3H,(H2,10,11). The Hall–Kier alpha value is -1.46. The van der Waals surface area contributed by atoms with Crippen LogP contribution in [0.2, 0.25) is 0 Å². The van der Waals surface area contributed by atoms with Crippen molar-refractivity contribution < 1.29 is 17.9 Å². The van der Waals surface area contributed by atoms with Crippen molar-refractivity contribution in [2.24, 2.45) is 0 Å². The molecule has 0 amide bonds. The number of anilines is 1. The lowest BCUT2D eigenvalue weighted by Crippen LogP contribution is -2.18. The molecule has 0 unspecified atom stereocenters. The normalized spacial score (nSPS) is 11.2. The fourth-order valence-corrected chi connectivity index (χ4v) is 0.614. The molecule has 0 spiro atoms. The summed E-state index contributed by atoms with van der Waals surface area (Å²) < 4.78 is 38.4. The Morgan fingerprint density at radius 2 is 2.08 bits per heavy atom. The van der Waals surface area contributed by atoms with Crippen LogP contribution in [0.15, 0.2) is 18.3 Å². The van der Waals surface area contributed by atoms with E-state index in [-0.39, 0.29) is 5.82 Å². The average molecular weight is 178 g/mol. The second-order valence-electron chi connectivity index (χ2n) is 1.93. The van der Waals surface area contributed by atoms with Gasteiger partial charge in [-0.25, -0.2) is 4.98 Å². The van der Waals surface area contributed by atoms with E-state index in [0.29, 0.717) is 0 Å². The van der Waals surface area contributed by atoms with Gasteiger partial charge in [-0.2, -0.15) is 0 Å². The van der Waals surface area contributed by atoms with Gasteiger partial charge >= 0.3 is 6.36 Å². The summed E-state index contributed by atoms with van der Waals surface area (Å²) in [7, 11) is 0. The fraction of sp³-hybridized carbons (Fsp3) is 0.167. The number of nitrogens with two attached hydrogens (primary N) is 1. The summed E-state index contributed by atoms with van der Waals surface area (Å²) in [5.41, 5.74) is 5.09. The number of aromatic nitrogens is 1. The molecule has 1 aromatic heterocycles. The Morgan fingerprint density at radius 1 is 1.42 bits per heavy atom. The third-order valence-corrected chi connectivity index (χ3v) is 1.03. The number of ether oxygens (including phenoxy) is 1. The fourth-order valence-electron chi connectivity index (χ4n) is 0.614. The van der Waals surface area contributed by atoms with Crippen LogP contribution in [0.4, 0.5) is 19.0 Å². The van der Waals surface area contributed by atoms with Gasteiger partial charge in [0.2, 0.25) is 0 Å². The number of nitrogen functional groups attached to an aromatic ring is 1. The molecule has 2 N–H and O–H groups in total. The smallest absolute Gasteiger partial charge is 0.402 e. The van der Waals surface area contributed by atoms with Crippen molar-refractivity contribution in [3.05, 3.63) is 18.3 Å². The van der Waals surface area contributed by atoms with E-state index < -0.39 is 12.1 Å². The van der Waals surface area contributed by atoms with Gasteiger partial charge in [0.1, 0.15) is 0 Å². The Morgan fingerprint density at radius 3 is 2.58 bits per heavy atom. The maximum atomic E-state index is 11.6. The summed E-state index contributed by atoms with van der Waals surface area (Å²) >= 11 is 0. The van der Waals surface area contributed by atoms with Crippen LogP contribution in [0, 0.1) is 0 Å². The number of rotatable bonds is 1. The van der Waals surface area contributed by atoms with Crippen LogP contribution in [-0.4, -0.2) is 11.3 Å². The third kappa shape index (κ3) is 2.30. The summed E-state index contributed by atoms with van der Waals surface area (Å²) in [5, 5.41) is 0. The van der Waals surface area contributed by atoms with Gasteiger partial charge in [-0.3, -0.25) is 0 Å². The zero-order valence-corrected chi connectivity index (χ0v) is 5.80. The Bertz CT molecular complexity index is 274. The third-order valence-electron chi connectivity index (χ3n) is 1.03. The van der Waals surface area contributed by atoms with E-state index in [4.69, 9.17) is 5.73 Å². The predicted octanol–water partition coefficient (Wildman–Crippen LogP) is 1.56. The Balaban J connectivity index is 2.83. The highest BCUT2D eigenvalue weighted by Crippen LogP contribution is 2.25. The first-order chi connectivity index (χ1) is 5.49. The molecule has 0 saturated carbocycles. The van der Waals surface area contributed by atoms with Gasteiger partial charge in [0.05, 0.1) is 0 Å². The molecule has 0 atom stereocenters. The number of hydrogen-bond acceptors (Lipinski definition) is 3. The molecule has 0 bridgehead atoms. The first-order valence-corrected chi connectivity index (χ1v) is 2.95. The summed E-state index contributed by atoms with van der Waals surface area (Å²) in [6.07, 6.45) is -3.45. The molecule has 3 nitrogen and oxygen atoms in total.